The summed E-state index contributed by atoms with van der Waals surface area (Å²) in [6, 6.07) is 22.4. The summed E-state index contributed by atoms with van der Waals surface area (Å²) < 4.78 is 14.9. The molecule has 28 heavy (non-hydrogen) atoms. The van der Waals surface area contributed by atoms with E-state index in [1.54, 1.807) is 30.6 Å². The van der Waals surface area contributed by atoms with E-state index in [1.165, 1.54) is 16.8 Å². The molecule has 2 heterocycles. The maximum Gasteiger partial charge on any atom is 0.272 e. The van der Waals surface area contributed by atoms with Gasteiger partial charge in [0.1, 0.15) is 5.82 Å². The molecule has 0 aliphatic rings. The Morgan fingerprint density at radius 1 is 0.964 bits per heavy atom. The molecule has 0 aliphatic heterocycles. The van der Waals surface area contributed by atoms with Gasteiger partial charge in [0.15, 0.2) is 5.69 Å². The highest BCUT2D eigenvalue weighted by Gasteiger charge is 2.20. The van der Waals surface area contributed by atoms with Crippen molar-refractivity contribution in [3.05, 3.63) is 114 Å². The van der Waals surface area contributed by atoms with Crippen LogP contribution in [0.4, 0.5) is 4.39 Å². The van der Waals surface area contributed by atoms with Gasteiger partial charge in [-0.3, -0.25) is 9.78 Å². The Labute approximate surface area is 161 Å². The largest absolute Gasteiger partial charge is 0.338 e. The zero-order chi connectivity index (χ0) is 19.3. The molecule has 0 bridgehead atoms. The molecule has 1 atom stereocenters. The molecule has 6 heteroatoms. The average molecular weight is 372 g/mol. The van der Waals surface area contributed by atoms with Gasteiger partial charge in [0.25, 0.3) is 5.91 Å². The van der Waals surface area contributed by atoms with Gasteiger partial charge in [0.05, 0.1) is 17.4 Å². The minimum absolute atomic E-state index is 0.237. The third-order valence-corrected chi connectivity index (χ3v) is 4.29. The number of amides is 1. The topological polar surface area (TPSA) is 59.8 Å². The van der Waals surface area contributed by atoms with Crippen molar-refractivity contribution < 1.29 is 9.18 Å². The Kier molecular flexibility index (Phi) is 4.93. The number of hydrogen-bond acceptors (Lipinski definition) is 3. The number of pyridine rings is 1. The highest BCUT2D eigenvalue weighted by atomic mass is 19.1. The van der Waals surface area contributed by atoms with E-state index in [0.717, 1.165) is 11.3 Å². The van der Waals surface area contributed by atoms with Gasteiger partial charge in [-0.2, -0.15) is 5.10 Å². The summed E-state index contributed by atoms with van der Waals surface area (Å²) in [6.07, 6.45) is 3.32. The van der Waals surface area contributed by atoms with Crippen LogP contribution in [0.2, 0.25) is 0 Å². The lowest BCUT2D eigenvalue weighted by molar-refractivity contribution is 0.0937. The monoisotopic (exact) mass is 372 g/mol. The molecule has 1 amide bonds. The number of carbonyl (C=O) groups is 1. The molecule has 0 spiro atoms. The standard InChI is InChI=1S/C22H17FN4O/c23-17-9-6-10-18(15-17)27-14-12-20(26-27)22(28)25-21(16-7-2-1-3-8-16)19-11-4-5-13-24-19/h1-15,21H,(H,25,28). The number of aromatic nitrogens is 3. The molecule has 5 nitrogen and oxygen atoms in total. The quantitative estimate of drug-likeness (QED) is 0.578. The summed E-state index contributed by atoms with van der Waals surface area (Å²) in [6.45, 7) is 0. The second-order valence-corrected chi connectivity index (χ2v) is 6.20. The zero-order valence-corrected chi connectivity index (χ0v) is 14.9. The van der Waals surface area contributed by atoms with Crippen molar-refractivity contribution in [3.8, 4) is 5.69 Å². The van der Waals surface area contributed by atoms with E-state index in [1.807, 2.05) is 48.5 Å². The first-order valence-electron chi connectivity index (χ1n) is 8.79. The summed E-state index contributed by atoms with van der Waals surface area (Å²) in [5, 5.41) is 7.27. The lowest BCUT2D eigenvalue weighted by Gasteiger charge is -2.18. The Morgan fingerprint density at radius 3 is 2.54 bits per heavy atom. The number of halogens is 1. The maximum absolute atomic E-state index is 13.4. The minimum Gasteiger partial charge on any atom is -0.338 e. The summed E-state index contributed by atoms with van der Waals surface area (Å²) in [5.74, 6) is -0.701. The maximum atomic E-state index is 13.4. The van der Waals surface area contributed by atoms with Crippen LogP contribution in [0.1, 0.15) is 27.8 Å². The van der Waals surface area contributed by atoms with Crippen LogP contribution in [0.5, 0.6) is 0 Å². The van der Waals surface area contributed by atoms with E-state index in [2.05, 4.69) is 15.4 Å². The molecule has 1 unspecified atom stereocenters. The summed E-state index contributed by atoms with van der Waals surface area (Å²) >= 11 is 0. The molecular formula is C22H17FN4O. The van der Waals surface area contributed by atoms with Gasteiger partial charge < -0.3 is 5.32 Å². The molecule has 0 saturated carbocycles. The number of nitrogens with zero attached hydrogens (tertiary/aromatic N) is 3. The van der Waals surface area contributed by atoms with Gasteiger partial charge in [0.2, 0.25) is 0 Å². The lowest BCUT2D eigenvalue weighted by Crippen LogP contribution is -2.30. The smallest absolute Gasteiger partial charge is 0.272 e. The normalized spacial score (nSPS) is 11.8. The van der Waals surface area contributed by atoms with E-state index in [-0.39, 0.29) is 17.4 Å². The van der Waals surface area contributed by atoms with Crippen LogP contribution in [-0.4, -0.2) is 20.7 Å². The minimum atomic E-state index is -0.408. The second-order valence-electron chi connectivity index (χ2n) is 6.20. The summed E-state index contributed by atoms with van der Waals surface area (Å²) in [7, 11) is 0. The second kappa shape index (κ2) is 7.84. The number of nitrogens with one attached hydrogen (secondary N) is 1. The Bertz CT molecular complexity index is 1040. The van der Waals surface area contributed by atoms with E-state index in [9.17, 15) is 9.18 Å². The molecule has 0 fully saturated rings. The Hall–Kier alpha value is -3.80. The van der Waals surface area contributed by atoms with Crippen LogP contribution < -0.4 is 5.32 Å². The summed E-state index contributed by atoms with van der Waals surface area (Å²) in [4.78, 5) is 17.2. The van der Waals surface area contributed by atoms with Crippen LogP contribution in [0.15, 0.2) is 91.3 Å². The molecule has 138 valence electrons. The molecular weight excluding hydrogens is 355 g/mol. The zero-order valence-electron chi connectivity index (χ0n) is 14.9. The van der Waals surface area contributed by atoms with Crippen molar-refractivity contribution >= 4 is 5.91 Å². The van der Waals surface area contributed by atoms with E-state index < -0.39 is 6.04 Å². The van der Waals surface area contributed by atoms with Crippen molar-refractivity contribution in [2.75, 3.05) is 0 Å². The number of carbonyl (C=O) groups excluding carboxylic acids is 1. The number of rotatable bonds is 5. The van der Waals surface area contributed by atoms with Crippen LogP contribution in [-0.2, 0) is 0 Å². The first-order valence-corrected chi connectivity index (χ1v) is 8.79. The first-order chi connectivity index (χ1) is 13.7. The molecule has 1 N–H and O–H groups in total. The van der Waals surface area contributed by atoms with Crippen LogP contribution in [0, 0.1) is 5.82 Å². The lowest BCUT2D eigenvalue weighted by atomic mass is 10.0. The van der Waals surface area contributed by atoms with Crippen molar-refractivity contribution in [2.45, 2.75) is 6.04 Å². The fourth-order valence-corrected chi connectivity index (χ4v) is 2.93. The van der Waals surface area contributed by atoms with Gasteiger partial charge in [0, 0.05) is 12.4 Å². The molecule has 0 saturated heterocycles. The molecule has 0 aliphatic carbocycles. The van der Waals surface area contributed by atoms with Crippen LogP contribution >= 0.6 is 0 Å². The molecule has 4 rings (SSSR count). The predicted octanol–water partition coefficient (Wildman–Crippen LogP) is 3.93. The van der Waals surface area contributed by atoms with E-state index in [4.69, 9.17) is 0 Å². The molecule has 4 aromatic rings. The Morgan fingerprint density at radius 2 is 1.79 bits per heavy atom. The Balaban J connectivity index is 1.60. The number of hydrogen-bond donors (Lipinski definition) is 1. The fraction of sp³-hybridized carbons (Fsp3) is 0.0455. The average Bonchev–Trinajstić information content (AvgIpc) is 3.24. The summed E-state index contributed by atoms with van der Waals surface area (Å²) in [5.41, 5.74) is 2.43. The van der Waals surface area contributed by atoms with E-state index >= 15 is 0 Å². The highest BCUT2D eigenvalue weighted by molar-refractivity contribution is 5.92. The van der Waals surface area contributed by atoms with Crippen LogP contribution in [0.3, 0.4) is 0 Å². The van der Waals surface area contributed by atoms with Gasteiger partial charge in [-0.1, -0.05) is 42.5 Å². The van der Waals surface area contributed by atoms with Crippen LogP contribution in [0.25, 0.3) is 5.69 Å². The predicted molar refractivity (Wildman–Crippen MR) is 104 cm³/mol. The third-order valence-electron chi connectivity index (χ3n) is 4.29. The van der Waals surface area contributed by atoms with Crippen molar-refractivity contribution in [1.82, 2.24) is 20.1 Å². The third kappa shape index (κ3) is 3.81. The van der Waals surface area contributed by atoms with Gasteiger partial charge in [-0.05, 0) is 42.0 Å². The molecule has 2 aromatic carbocycles. The van der Waals surface area contributed by atoms with Crippen molar-refractivity contribution in [2.24, 2.45) is 0 Å². The van der Waals surface area contributed by atoms with Gasteiger partial charge in [-0.25, -0.2) is 9.07 Å². The SMILES string of the molecule is O=C(NC(c1ccccc1)c1ccccn1)c1ccn(-c2cccc(F)c2)n1. The van der Waals surface area contributed by atoms with Gasteiger partial charge in [-0.15, -0.1) is 0 Å². The van der Waals surface area contributed by atoms with Crippen molar-refractivity contribution in [3.63, 3.8) is 0 Å². The van der Waals surface area contributed by atoms with Gasteiger partial charge >= 0.3 is 0 Å². The first kappa shape index (κ1) is 17.6. The van der Waals surface area contributed by atoms with Crippen molar-refractivity contribution in [1.29, 1.82) is 0 Å². The highest BCUT2D eigenvalue weighted by Crippen LogP contribution is 2.20. The molecule has 0 radical (unpaired) electrons. The molecule has 2 aromatic heterocycles. The number of benzene rings is 2. The fourth-order valence-electron chi connectivity index (χ4n) is 2.93. The van der Waals surface area contributed by atoms with E-state index in [0.29, 0.717) is 5.69 Å².